The molecule has 170 valence electrons. The highest BCUT2D eigenvalue weighted by molar-refractivity contribution is 7.58. The highest BCUT2D eigenvalue weighted by Gasteiger charge is 2.21. The van der Waals surface area contributed by atoms with Crippen LogP contribution in [0.1, 0.15) is 25.7 Å². The highest BCUT2D eigenvalue weighted by Crippen LogP contribution is 2.43. The van der Waals surface area contributed by atoms with Crippen LogP contribution in [0, 0.1) is 0 Å². The minimum atomic E-state index is -3.99. The summed E-state index contributed by atoms with van der Waals surface area (Å²) in [5.41, 5.74) is 0. The first-order valence-corrected chi connectivity index (χ1v) is 14.6. The van der Waals surface area contributed by atoms with E-state index in [1.807, 2.05) is 0 Å². The van der Waals surface area contributed by atoms with E-state index >= 15 is 0 Å². The largest absolute Gasteiger partial charge is 0.332 e. The maximum Gasteiger partial charge on any atom is 0.265 e. The van der Waals surface area contributed by atoms with Crippen LogP contribution in [-0.4, -0.2) is 87.9 Å². The average Bonchev–Trinajstić information content (AvgIpc) is 2.34. The fourth-order valence-corrected chi connectivity index (χ4v) is 3.34. The van der Waals surface area contributed by atoms with Crippen molar-refractivity contribution in [2.45, 2.75) is 25.7 Å². The standard InChI is InChI=1S/C10H28N2O12P4/c1-25(13,14)21-11(22-26(2,15)16)9-7-5-6-8-10-12(23-27(3,17)18)24-28(4,19)20/h13-20H,1-10H2. The van der Waals surface area contributed by atoms with Crippen LogP contribution in [0.4, 0.5) is 0 Å². The van der Waals surface area contributed by atoms with Gasteiger partial charge in [0.15, 0.2) is 0 Å². The number of hydrogen-bond donors (Lipinski definition) is 8. The molecule has 0 saturated carbocycles. The smallest absolute Gasteiger partial charge is 0.265 e. The lowest BCUT2D eigenvalue weighted by molar-refractivity contribution is -0.268. The maximum atomic E-state index is 9.19. The van der Waals surface area contributed by atoms with Gasteiger partial charge in [0, 0.05) is 0 Å². The molecular weight excluding hydrogens is 464 g/mol. The van der Waals surface area contributed by atoms with Crippen molar-refractivity contribution in [2.24, 2.45) is 0 Å². The lowest BCUT2D eigenvalue weighted by Crippen LogP contribution is -2.24. The van der Waals surface area contributed by atoms with E-state index in [0.29, 0.717) is 36.1 Å². The molecule has 0 atom stereocenters. The van der Waals surface area contributed by atoms with E-state index in [4.69, 9.17) is 0 Å². The topological polar surface area (TPSA) is 205 Å². The van der Waals surface area contributed by atoms with Gasteiger partial charge in [0.05, 0.1) is 13.1 Å². The molecule has 0 aliphatic rings. The molecule has 0 amide bonds. The second-order valence-corrected chi connectivity index (χ2v) is 11.5. The summed E-state index contributed by atoms with van der Waals surface area (Å²) >= 11 is 0. The second-order valence-electron chi connectivity index (χ2n) is 5.51. The van der Waals surface area contributed by atoms with Crippen molar-refractivity contribution in [2.75, 3.05) is 13.1 Å². The van der Waals surface area contributed by atoms with E-state index in [1.165, 1.54) is 0 Å². The van der Waals surface area contributed by atoms with Crippen molar-refractivity contribution in [3.8, 4) is 0 Å². The molecule has 0 aromatic rings. The van der Waals surface area contributed by atoms with Crippen molar-refractivity contribution in [3.05, 3.63) is 0 Å². The molecule has 0 aliphatic carbocycles. The third kappa shape index (κ3) is 19.9. The summed E-state index contributed by atoms with van der Waals surface area (Å²) in [6.45, 7) is -0.176. The Balaban J connectivity index is 4.41. The van der Waals surface area contributed by atoms with E-state index in [1.54, 1.807) is 0 Å². The molecule has 0 aromatic heterocycles. The Morgan fingerprint density at radius 3 is 0.857 bits per heavy atom. The quantitative estimate of drug-likeness (QED) is 0.0832. The Morgan fingerprint density at radius 1 is 0.464 bits per heavy atom. The summed E-state index contributed by atoms with van der Waals surface area (Å²) in [5, 5.41) is 0.969. The Labute approximate surface area is 163 Å². The first-order valence-electron chi connectivity index (χ1n) is 7.46. The van der Waals surface area contributed by atoms with E-state index in [0.717, 1.165) is 0 Å². The molecule has 0 aromatic carbocycles. The van der Waals surface area contributed by atoms with Crippen LogP contribution in [0.25, 0.3) is 0 Å². The van der Waals surface area contributed by atoms with Gasteiger partial charge in [-0.15, -0.1) is 0 Å². The van der Waals surface area contributed by atoms with E-state index in [2.05, 4.69) is 43.7 Å². The molecule has 0 fully saturated rings. The normalized spacial score (nSPS) is 14.2. The molecule has 0 spiro atoms. The zero-order valence-corrected chi connectivity index (χ0v) is 18.5. The molecule has 28 heavy (non-hydrogen) atoms. The molecule has 0 radical (unpaired) electrons. The van der Waals surface area contributed by atoms with Crippen LogP contribution in [0.15, 0.2) is 0 Å². The SMILES string of the molecule is C=P(O)(O)ON(CCCCCCN(OP(=C)(O)O)OP(=C)(O)O)OP(=C)(O)O. The molecule has 0 aliphatic heterocycles. The number of nitrogens with zero attached hydrogens (tertiary/aromatic N) is 2. The summed E-state index contributed by atoms with van der Waals surface area (Å²) in [6.07, 6.45) is 13.5. The predicted molar refractivity (Wildman–Crippen MR) is 110 cm³/mol. The maximum absolute atomic E-state index is 9.19. The Morgan fingerprint density at radius 2 is 0.679 bits per heavy atom. The van der Waals surface area contributed by atoms with Crippen LogP contribution < -0.4 is 0 Å². The van der Waals surface area contributed by atoms with Gasteiger partial charge in [-0.2, -0.15) is 0 Å². The van der Waals surface area contributed by atoms with Crippen LogP contribution in [0.5, 0.6) is 0 Å². The third-order valence-electron chi connectivity index (χ3n) is 2.32. The summed E-state index contributed by atoms with van der Waals surface area (Å²) < 4.78 is 18.4. The Hall–Kier alpha value is 0.640. The van der Waals surface area contributed by atoms with E-state index in [9.17, 15) is 39.1 Å². The molecule has 14 nitrogen and oxygen atoms in total. The molecule has 18 heteroatoms. The van der Waals surface area contributed by atoms with Gasteiger partial charge in [0.25, 0.3) is 30.3 Å². The third-order valence-corrected chi connectivity index (χ3v) is 4.09. The Kier molecular flexibility index (Phi) is 12.1. The summed E-state index contributed by atoms with van der Waals surface area (Å²) in [7, 11) is -16.0. The first-order chi connectivity index (χ1) is 12.4. The van der Waals surface area contributed by atoms with Gasteiger partial charge in [0.1, 0.15) is 0 Å². The van der Waals surface area contributed by atoms with Crippen molar-refractivity contribution < 1.29 is 57.6 Å². The summed E-state index contributed by atoms with van der Waals surface area (Å²) in [6, 6.07) is 0. The van der Waals surface area contributed by atoms with Gasteiger partial charge in [-0.3, -0.25) is 0 Å². The molecule has 0 heterocycles. The number of hydrogen-bond acceptors (Lipinski definition) is 14. The van der Waals surface area contributed by atoms with Crippen molar-refractivity contribution in [1.29, 1.82) is 0 Å². The minimum absolute atomic E-state index is 0.0882. The predicted octanol–water partition coefficient (Wildman–Crippen LogP) is -0.406. The fraction of sp³-hybridized carbons (Fsp3) is 0.600. The van der Waals surface area contributed by atoms with Gasteiger partial charge in [-0.05, 0) is 38.0 Å². The molecule has 0 rings (SSSR count). The molecule has 0 unspecified atom stereocenters. The van der Waals surface area contributed by atoms with Crippen LogP contribution in [0.2, 0.25) is 0 Å². The zero-order chi connectivity index (χ0) is 22.2. The molecule has 0 bridgehead atoms. The van der Waals surface area contributed by atoms with Gasteiger partial charge in [-0.1, -0.05) is 23.3 Å². The first kappa shape index (κ1) is 28.6. The number of rotatable bonds is 15. The second kappa shape index (κ2) is 11.9. The van der Waals surface area contributed by atoms with Gasteiger partial charge >= 0.3 is 0 Å². The van der Waals surface area contributed by atoms with Crippen molar-refractivity contribution >= 4 is 55.5 Å². The van der Waals surface area contributed by atoms with Gasteiger partial charge in [0.2, 0.25) is 0 Å². The van der Waals surface area contributed by atoms with Gasteiger partial charge in [-0.25, -0.2) is 18.5 Å². The summed E-state index contributed by atoms with van der Waals surface area (Å²) in [5.74, 6) is 0. The number of hydroxylamine groups is 4. The average molecular weight is 492 g/mol. The van der Waals surface area contributed by atoms with Crippen molar-refractivity contribution in [3.63, 3.8) is 0 Å². The molecule has 8 N–H and O–H groups in total. The lowest BCUT2D eigenvalue weighted by atomic mass is 10.2. The zero-order valence-electron chi connectivity index (χ0n) is 15.0. The minimum Gasteiger partial charge on any atom is -0.332 e. The van der Waals surface area contributed by atoms with Gasteiger partial charge < -0.3 is 39.1 Å². The molecular formula is C10H28N2O12P4. The van der Waals surface area contributed by atoms with Crippen molar-refractivity contribution in [1.82, 2.24) is 10.5 Å². The highest BCUT2D eigenvalue weighted by atomic mass is 31.2. The van der Waals surface area contributed by atoms with E-state index < -0.39 is 30.3 Å². The summed E-state index contributed by atoms with van der Waals surface area (Å²) in [4.78, 5) is 73.5. The fourth-order valence-electron chi connectivity index (χ4n) is 1.61. The van der Waals surface area contributed by atoms with Crippen LogP contribution in [-0.2, 0) is 18.5 Å². The molecule has 0 saturated heterocycles. The van der Waals surface area contributed by atoms with Crippen LogP contribution in [0.3, 0.4) is 0 Å². The van der Waals surface area contributed by atoms with Crippen LogP contribution >= 0.6 is 30.3 Å². The lowest BCUT2D eigenvalue weighted by Gasteiger charge is -2.26. The number of unbranched alkanes of at least 4 members (excludes halogenated alkanes) is 3. The Bertz CT molecular complexity index is 547. The van der Waals surface area contributed by atoms with E-state index in [-0.39, 0.29) is 13.1 Å². The monoisotopic (exact) mass is 492 g/mol.